The van der Waals surface area contributed by atoms with E-state index in [1.165, 1.54) is 12.8 Å². The number of sulfonamides is 1. The molecule has 0 bridgehead atoms. The van der Waals surface area contributed by atoms with Gasteiger partial charge < -0.3 is 5.73 Å². The van der Waals surface area contributed by atoms with Crippen LogP contribution in [0.2, 0.25) is 0 Å². The number of nitrogens with one attached hydrogen (secondary N) is 1. The summed E-state index contributed by atoms with van der Waals surface area (Å²) < 4.78 is 26.5. The SMILES string of the molecule is CCC(C(N)=S)S(=O)(=O)NC(C)CC1CC1. The molecule has 4 nitrogen and oxygen atoms in total. The molecule has 1 saturated carbocycles. The van der Waals surface area contributed by atoms with Crippen molar-refractivity contribution in [2.75, 3.05) is 0 Å². The standard InChI is InChI=1S/C10H20N2O2S2/c1-3-9(10(11)15)16(13,14)12-7(2)6-8-4-5-8/h7-9,12H,3-6H2,1-2H3,(H2,11,15). The van der Waals surface area contributed by atoms with Gasteiger partial charge >= 0.3 is 0 Å². The van der Waals surface area contributed by atoms with Gasteiger partial charge in [-0.05, 0) is 25.7 Å². The van der Waals surface area contributed by atoms with Crippen molar-refractivity contribution in [3.63, 3.8) is 0 Å². The molecule has 1 rings (SSSR count). The maximum atomic E-state index is 11.9. The maximum Gasteiger partial charge on any atom is 0.221 e. The minimum absolute atomic E-state index is 0.0269. The molecule has 6 heteroatoms. The van der Waals surface area contributed by atoms with Crippen molar-refractivity contribution in [2.24, 2.45) is 11.7 Å². The first-order chi connectivity index (χ1) is 7.36. The molecule has 16 heavy (non-hydrogen) atoms. The highest BCUT2D eigenvalue weighted by atomic mass is 32.2. The van der Waals surface area contributed by atoms with Crippen LogP contribution in [0.1, 0.15) is 39.5 Å². The summed E-state index contributed by atoms with van der Waals surface area (Å²) >= 11 is 4.78. The predicted octanol–water partition coefficient (Wildman–Crippen LogP) is 1.16. The quantitative estimate of drug-likeness (QED) is 0.677. The Hall–Kier alpha value is -0.200. The molecule has 0 aromatic heterocycles. The molecular formula is C10H20N2O2S2. The van der Waals surface area contributed by atoms with Gasteiger partial charge in [0.2, 0.25) is 10.0 Å². The lowest BCUT2D eigenvalue weighted by Crippen LogP contribution is -2.45. The number of nitrogens with two attached hydrogens (primary N) is 1. The van der Waals surface area contributed by atoms with Gasteiger partial charge in [-0.3, -0.25) is 0 Å². The fourth-order valence-electron chi connectivity index (χ4n) is 1.84. The smallest absolute Gasteiger partial charge is 0.221 e. The van der Waals surface area contributed by atoms with Crippen LogP contribution in [0.25, 0.3) is 0 Å². The van der Waals surface area contributed by atoms with Gasteiger partial charge in [-0.1, -0.05) is 32.0 Å². The summed E-state index contributed by atoms with van der Waals surface area (Å²) in [6, 6.07) is -0.0269. The van der Waals surface area contributed by atoms with Crippen molar-refractivity contribution in [1.29, 1.82) is 0 Å². The second-order valence-electron chi connectivity index (χ2n) is 4.54. The van der Waals surface area contributed by atoms with Crippen molar-refractivity contribution < 1.29 is 8.42 Å². The molecule has 3 N–H and O–H groups in total. The van der Waals surface area contributed by atoms with Crippen LogP contribution < -0.4 is 10.5 Å². The van der Waals surface area contributed by atoms with Gasteiger partial charge in [0.25, 0.3) is 0 Å². The Morgan fingerprint density at radius 2 is 2.12 bits per heavy atom. The Kier molecular flexibility index (Phi) is 4.70. The molecule has 2 unspecified atom stereocenters. The number of rotatable bonds is 7. The van der Waals surface area contributed by atoms with E-state index in [9.17, 15) is 8.42 Å². The van der Waals surface area contributed by atoms with Crippen LogP contribution in [0, 0.1) is 5.92 Å². The van der Waals surface area contributed by atoms with E-state index in [2.05, 4.69) is 4.72 Å². The molecule has 1 fully saturated rings. The van der Waals surface area contributed by atoms with Crippen LogP contribution in [0.4, 0.5) is 0 Å². The fraction of sp³-hybridized carbons (Fsp3) is 0.900. The van der Waals surface area contributed by atoms with Crippen LogP contribution in [-0.2, 0) is 10.0 Å². The minimum Gasteiger partial charge on any atom is -0.392 e. The minimum atomic E-state index is -3.40. The fourth-order valence-corrected chi connectivity index (χ4v) is 3.95. The van der Waals surface area contributed by atoms with E-state index < -0.39 is 15.3 Å². The molecule has 0 aliphatic heterocycles. The lowest BCUT2D eigenvalue weighted by Gasteiger charge is -2.19. The van der Waals surface area contributed by atoms with Crippen LogP contribution in [0.15, 0.2) is 0 Å². The molecule has 1 aliphatic rings. The lowest BCUT2D eigenvalue weighted by molar-refractivity contribution is 0.525. The third-order valence-corrected chi connectivity index (χ3v) is 5.31. The van der Waals surface area contributed by atoms with Gasteiger partial charge in [0.1, 0.15) is 5.25 Å². The highest BCUT2D eigenvalue weighted by Gasteiger charge is 2.30. The van der Waals surface area contributed by atoms with E-state index in [1.807, 2.05) is 6.92 Å². The average molecular weight is 264 g/mol. The van der Waals surface area contributed by atoms with Gasteiger partial charge in [-0.2, -0.15) is 0 Å². The van der Waals surface area contributed by atoms with Gasteiger partial charge in [-0.25, -0.2) is 13.1 Å². The Bertz CT molecular complexity index is 350. The summed E-state index contributed by atoms with van der Waals surface area (Å²) in [5.41, 5.74) is 5.43. The van der Waals surface area contributed by atoms with Gasteiger partial charge in [0, 0.05) is 6.04 Å². The number of hydrogen-bond acceptors (Lipinski definition) is 3. The van der Waals surface area contributed by atoms with Crippen LogP contribution in [-0.4, -0.2) is 24.7 Å². The van der Waals surface area contributed by atoms with E-state index in [0.717, 1.165) is 6.42 Å². The third-order valence-electron chi connectivity index (χ3n) is 2.81. The Labute approximate surface area is 103 Å². The summed E-state index contributed by atoms with van der Waals surface area (Å²) in [5, 5.41) is -0.746. The third kappa shape index (κ3) is 3.99. The molecule has 0 saturated heterocycles. The average Bonchev–Trinajstić information content (AvgIpc) is 2.85. The first kappa shape index (κ1) is 13.9. The summed E-state index contributed by atoms with van der Waals surface area (Å²) in [4.78, 5) is 0.0496. The Morgan fingerprint density at radius 1 is 1.56 bits per heavy atom. The van der Waals surface area contributed by atoms with E-state index in [4.69, 9.17) is 18.0 Å². The van der Waals surface area contributed by atoms with E-state index in [0.29, 0.717) is 12.3 Å². The van der Waals surface area contributed by atoms with E-state index in [1.54, 1.807) is 6.92 Å². The maximum absolute atomic E-state index is 11.9. The Balaban J connectivity index is 2.57. The van der Waals surface area contributed by atoms with Crippen molar-refractivity contribution >= 4 is 27.2 Å². The number of hydrogen-bond donors (Lipinski definition) is 2. The van der Waals surface area contributed by atoms with Gasteiger partial charge in [0.15, 0.2) is 0 Å². The molecule has 0 radical (unpaired) electrons. The first-order valence-electron chi connectivity index (χ1n) is 5.67. The Morgan fingerprint density at radius 3 is 2.50 bits per heavy atom. The molecule has 0 spiro atoms. The molecule has 0 aromatic carbocycles. The van der Waals surface area contributed by atoms with Crippen molar-refractivity contribution in [3.05, 3.63) is 0 Å². The molecule has 1 aliphatic carbocycles. The monoisotopic (exact) mass is 264 g/mol. The largest absolute Gasteiger partial charge is 0.392 e. The lowest BCUT2D eigenvalue weighted by atomic mass is 10.2. The topological polar surface area (TPSA) is 72.2 Å². The normalized spacial score (nSPS) is 20.4. The molecular weight excluding hydrogens is 244 g/mol. The summed E-state index contributed by atoms with van der Waals surface area (Å²) in [5.74, 6) is 0.697. The molecule has 0 aromatic rings. The van der Waals surface area contributed by atoms with E-state index >= 15 is 0 Å². The highest BCUT2D eigenvalue weighted by Crippen LogP contribution is 2.33. The first-order valence-corrected chi connectivity index (χ1v) is 7.62. The molecule has 0 heterocycles. The zero-order valence-corrected chi connectivity index (χ0v) is 11.4. The zero-order chi connectivity index (χ0) is 12.3. The van der Waals surface area contributed by atoms with Crippen LogP contribution >= 0.6 is 12.2 Å². The number of thiocarbonyl (C=S) groups is 1. The van der Waals surface area contributed by atoms with E-state index in [-0.39, 0.29) is 11.0 Å². The van der Waals surface area contributed by atoms with Crippen LogP contribution in [0.3, 0.4) is 0 Å². The van der Waals surface area contributed by atoms with Crippen molar-refractivity contribution in [2.45, 2.75) is 50.8 Å². The predicted molar refractivity (Wildman–Crippen MR) is 69.7 cm³/mol. The summed E-state index contributed by atoms with van der Waals surface area (Å²) in [6.45, 7) is 3.66. The van der Waals surface area contributed by atoms with Crippen molar-refractivity contribution in [1.82, 2.24) is 4.72 Å². The molecule has 94 valence electrons. The second kappa shape index (κ2) is 5.42. The molecule has 0 amide bonds. The second-order valence-corrected chi connectivity index (χ2v) is 6.91. The summed E-state index contributed by atoms with van der Waals surface area (Å²) in [7, 11) is -3.40. The van der Waals surface area contributed by atoms with Gasteiger partial charge in [-0.15, -0.1) is 0 Å². The molecule has 2 atom stereocenters. The van der Waals surface area contributed by atoms with Crippen molar-refractivity contribution in [3.8, 4) is 0 Å². The zero-order valence-electron chi connectivity index (χ0n) is 9.77. The van der Waals surface area contributed by atoms with Gasteiger partial charge in [0.05, 0.1) is 4.99 Å². The highest BCUT2D eigenvalue weighted by molar-refractivity contribution is 7.93. The van der Waals surface area contributed by atoms with Crippen LogP contribution in [0.5, 0.6) is 0 Å². The summed E-state index contributed by atoms with van der Waals surface area (Å²) in [6.07, 6.45) is 3.77.